The molecule has 5 rings (SSSR count). The number of para-hydroxylation sites is 1. The fraction of sp³-hybridized carbons (Fsp3) is 0.238. The van der Waals surface area contributed by atoms with E-state index in [9.17, 15) is 4.39 Å². The SMILES string of the molecule is Cc1c(N2CCc3ncc(Nc4ccccc4F)cc3C2)nn2cnnc2c1C.[HH]. The molecular formula is C21H22FN7. The molecule has 0 saturated heterocycles. The summed E-state index contributed by atoms with van der Waals surface area (Å²) in [5.74, 6) is 0.636. The summed E-state index contributed by atoms with van der Waals surface area (Å²) >= 11 is 0. The van der Waals surface area contributed by atoms with Gasteiger partial charge in [0.1, 0.15) is 12.1 Å². The highest BCUT2D eigenvalue weighted by Gasteiger charge is 2.22. The van der Waals surface area contributed by atoms with Crippen LogP contribution in [0.2, 0.25) is 0 Å². The molecule has 0 amide bonds. The number of aromatic nitrogens is 5. The third kappa shape index (κ3) is 3.06. The Labute approximate surface area is 168 Å². The zero-order chi connectivity index (χ0) is 20.0. The van der Waals surface area contributed by atoms with Crippen LogP contribution >= 0.6 is 0 Å². The summed E-state index contributed by atoms with van der Waals surface area (Å²) in [5.41, 5.74) is 6.34. The van der Waals surface area contributed by atoms with E-state index in [-0.39, 0.29) is 7.24 Å². The highest BCUT2D eigenvalue weighted by atomic mass is 19.1. The van der Waals surface area contributed by atoms with Crippen LogP contribution in [0.5, 0.6) is 0 Å². The first-order chi connectivity index (χ1) is 14.1. The van der Waals surface area contributed by atoms with Gasteiger partial charge in [0.05, 0.1) is 17.6 Å². The van der Waals surface area contributed by atoms with Gasteiger partial charge in [-0.2, -0.15) is 4.52 Å². The van der Waals surface area contributed by atoms with Crippen molar-refractivity contribution in [2.24, 2.45) is 0 Å². The van der Waals surface area contributed by atoms with Crippen LogP contribution in [-0.2, 0) is 13.0 Å². The normalized spacial score (nSPS) is 13.6. The van der Waals surface area contributed by atoms with E-state index in [4.69, 9.17) is 5.10 Å². The number of benzene rings is 1. The Morgan fingerprint density at radius 2 is 2.03 bits per heavy atom. The van der Waals surface area contributed by atoms with Crippen LogP contribution in [0.25, 0.3) is 5.65 Å². The first-order valence-electron chi connectivity index (χ1n) is 9.51. The number of nitrogens with one attached hydrogen (secondary N) is 1. The zero-order valence-corrected chi connectivity index (χ0v) is 16.2. The van der Waals surface area contributed by atoms with Crippen molar-refractivity contribution in [2.45, 2.75) is 26.8 Å². The van der Waals surface area contributed by atoms with Crippen molar-refractivity contribution >= 4 is 22.8 Å². The number of hydrogen-bond acceptors (Lipinski definition) is 6. The van der Waals surface area contributed by atoms with Crippen molar-refractivity contribution in [1.29, 1.82) is 0 Å². The smallest absolute Gasteiger partial charge is 0.180 e. The van der Waals surface area contributed by atoms with Crippen molar-refractivity contribution in [2.75, 3.05) is 16.8 Å². The van der Waals surface area contributed by atoms with Crippen LogP contribution in [0.3, 0.4) is 0 Å². The lowest BCUT2D eigenvalue weighted by Crippen LogP contribution is -2.32. The lowest BCUT2D eigenvalue weighted by molar-refractivity contribution is 0.632. The predicted octanol–water partition coefficient (Wildman–Crippen LogP) is 3.83. The first kappa shape index (κ1) is 17.5. The molecule has 0 aliphatic carbocycles. The summed E-state index contributed by atoms with van der Waals surface area (Å²) in [5, 5.41) is 16.0. The van der Waals surface area contributed by atoms with Gasteiger partial charge in [0, 0.05) is 37.8 Å². The van der Waals surface area contributed by atoms with Crippen molar-refractivity contribution < 1.29 is 5.82 Å². The monoisotopic (exact) mass is 391 g/mol. The Morgan fingerprint density at radius 1 is 1.17 bits per heavy atom. The van der Waals surface area contributed by atoms with Gasteiger partial charge in [-0.25, -0.2) is 4.39 Å². The molecule has 1 aromatic carbocycles. The fourth-order valence-electron chi connectivity index (χ4n) is 3.76. The summed E-state index contributed by atoms with van der Waals surface area (Å²) in [6, 6.07) is 8.67. The van der Waals surface area contributed by atoms with E-state index in [1.54, 1.807) is 35.2 Å². The molecule has 0 fully saturated rings. The summed E-state index contributed by atoms with van der Waals surface area (Å²) < 4.78 is 15.7. The summed E-state index contributed by atoms with van der Waals surface area (Å²) in [6.07, 6.45) is 4.22. The van der Waals surface area contributed by atoms with E-state index in [0.717, 1.165) is 52.5 Å². The number of aryl methyl sites for hydroxylation is 1. The fourth-order valence-corrected chi connectivity index (χ4v) is 3.76. The maximum absolute atomic E-state index is 14.0. The van der Waals surface area contributed by atoms with Crippen LogP contribution in [0.4, 0.5) is 21.6 Å². The Balaban J connectivity index is 0.00000218. The maximum Gasteiger partial charge on any atom is 0.180 e. The summed E-state index contributed by atoms with van der Waals surface area (Å²) in [4.78, 5) is 6.85. The van der Waals surface area contributed by atoms with E-state index in [0.29, 0.717) is 12.2 Å². The molecule has 1 N–H and O–H groups in total. The largest absolute Gasteiger partial charge is 0.352 e. The minimum atomic E-state index is -0.288. The molecule has 4 aromatic rings. The average molecular weight is 391 g/mol. The second-order valence-electron chi connectivity index (χ2n) is 7.28. The van der Waals surface area contributed by atoms with Gasteiger partial charge in [-0.3, -0.25) is 4.98 Å². The van der Waals surface area contributed by atoms with Crippen molar-refractivity contribution in [3.63, 3.8) is 0 Å². The quantitative estimate of drug-likeness (QED) is 0.572. The van der Waals surface area contributed by atoms with Gasteiger partial charge in [-0.05, 0) is 37.6 Å². The molecule has 1 aliphatic rings. The number of anilines is 3. The first-order valence-corrected chi connectivity index (χ1v) is 9.51. The molecule has 1 aliphatic heterocycles. The average Bonchev–Trinajstić information content (AvgIpc) is 3.21. The third-order valence-electron chi connectivity index (χ3n) is 5.46. The number of rotatable bonds is 3. The minimum absolute atomic E-state index is 0. The molecule has 4 heterocycles. The number of hydrogen-bond donors (Lipinski definition) is 1. The zero-order valence-electron chi connectivity index (χ0n) is 16.2. The molecule has 0 unspecified atom stereocenters. The van der Waals surface area contributed by atoms with Crippen molar-refractivity contribution in [1.82, 2.24) is 24.8 Å². The molecule has 8 heteroatoms. The van der Waals surface area contributed by atoms with E-state index < -0.39 is 0 Å². The Bertz CT molecular complexity index is 1220. The van der Waals surface area contributed by atoms with E-state index in [1.807, 2.05) is 13.0 Å². The maximum atomic E-state index is 14.0. The summed E-state index contributed by atoms with van der Waals surface area (Å²) in [6.45, 7) is 5.63. The molecule has 3 aromatic heterocycles. The molecular weight excluding hydrogens is 369 g/mol. The number of pyridine rings is 1. The molecule has 0 atom stereocenters. The predicted molar refractivity (Wildman–Crippen MR) is 111 cm³/mol. The lowest BCUT2D eigenvalue weighted by atomic mass is 10.0. The molecule has 0 bridgehead atoms. The Kier molecular flexibility index (Phi) is 4.12. The number of nitrogens with zero attached hydrogens (tertiary/aromatic N) is 6. The minimum Gasteiger partial charge on any atom is -0.352 e. The highest BCUT2D eigenvalue weighted by Crippen LogP contribution is 2.29. The molecule has 7 nitrogen and oxygen atoms in total. The van der Waals surface area contributed by atoms with Gasteiger partial charge in [0.15, 0.2) is 11.5 Å². The molecule has 0 spiro atoms. The Morgan fingerprint density at radius 3 is 2.90 bits per heavy atom. The van der Waals surface area contributed by atoms with Crippen molar-refractivity contribution in [3.8, 4) is 0 Å². The van der Waals surface area contributed by atoms with Gasteiger partial charge in [0.2, 0.25) is 0 Å². The Hall–Kier alpha value is -3.55. The van der Waals surface area contributed by atoms with Crippen LogP contribution < -0.4 is 10.2 Å². The van der Waals surface area contributed by atoms with E-state index in [1.165, 1.54) is 6.07 Å². The van der Waals surface area contributed by atoms with E-state index >= 15 is 0 Å². The molecule has 148 valence electrons. The number of halogens is 1. The lowest BCUT2D eigenvalue weighted by Gasteiger charge is -2.30. The van der Waals surface area contributed by atoms with Gasteiger partial charge in [-0.1, -0.05) is 12.1 Å². The molecule has 0 saturated carbocycles. The topological polar surface area (TPSA) is 71.2 Å². The van der Waals surface area contributed by atoms with Gasteiger partial charge in [-0.15, -0.1) is 15.3 Å². The molecule has 0 radical (unpaired) electrons. The van der Waals surface area contributed by atoms with Crippen molar-refractivity contribution in [3.05, 3.63) is 71.1 Å². The van der Waals surface area contributed by atoms with Crippen LogP contribution in [0.1, 0.15) is 23.8 Å². The second-order valence-corrected chi connectivity index (χ2v) is 7.28. The van der Waals surface area contributed by atoms with Gasteiger partial charge < -0.3 is 10.2 Å². The van der Waals surface area contributed by atoms with Crippen LogP contribution in [0, 0.1) is 19.7 Å². The molecule has 29 heavy (non-hydrogen) atoms. The van der Waals surface area contributed by atoms with Crippen LogP contribution in [0.15, 0.2) is 42.9 Å². The highest BCUT2D eigenvalue weighted by molar-refractivity contribution is 5.62. The van der Waals surface area contributed by atoms with Gasteiger partial charge >= 0.3 is 0 Å². The van der Waals surface area contributed by atoms with Gasteiger partial charge in [0.25, 0.3) is 0 Å². The van der Waals surface area contributed by atoms with E-state index in [2.05, 4.69) is 32.3 Å². The van der Waals surface area contributed by atoms with Crippen LogP contribution in [-0.4, -0.2) is 31.3 Å². The summed E-state index contributed by atoms with van der Waals surface area (Å²) in [7, 11) is 0. The second kappa shape index (κ2) is 6.80. The third-order valence-corrected chi connectivity index (χ3v) is 5.46. The number of fused-ring (bicyclic) bond motifs is 2. The standard InChI is InChI=1S/C21H20FN7.H2/c1-13-14(2)21(27-29-12-24-26-20(13)29)28-8-7-18-15(11-28)9-16(10-23-18)25-19-6-4-3-5-17(19)22;/h3-6,9-10,12,25H,7-8,11H2,1-2H3;1H.